The van der Waals surface area contributed by atoms with Crippen molar-refractivity contribution in [3.05, 3.63) is 63.1 Å². The van der Waals surface area contributed by atoms with Crippen LogP contribution in [-0.2, 0) is 26.2 Å². The van der Waals surface area contributed by atoms with Crippen molar-refractivity contribution in [3.8, 4) is 0 Å². The third-order valence-corrected chi connectivity index (χ3v) is 7.07. The van der Waals surface area contributed by atoms with Crippen molar-refractivity contribution >= 4 is 62.3 Å². The van der Waals surface area contributed by atoms with Gasteiger partial charge in [-0.1, -0.05) is 40.9 Å². The van der Waals surface area contributed by atoms with Crippen LogP contribution in [0, 0.1) is 0 Å². The number of sulfonamides is 1. The van der Waals surface area contributed by atoms with Gasteiger partial charge in [0.15, 0.2) is 0 Å². The zero-order valence-electron chi connectivity index (χ0n) is 18.5. The first-order valence-corrected chi connectivity index (χ1v) is 13.1. The van der Waals surface area contributed by atoms with Gasteiger partial charge in [0, 0.05) is 41.6 Å². The van der Waals surface area contributed by atoms with Crippen LogP contribution in [0.25, 0.3) is 0 Å². The number of carbonyl (C=O) groups excluding carboxylic acids is 2. The van der Waals surface area contributed by atoms with Crippen LogP contribution in [-0.4, -0.2) is 51.0 Å². The molecule has 7 nitrogen and oxygen atoms in total. The highest BCUT2D eigenvalue weighted by atomic mass is 35.5. The molecular weight excluding hydrogens is 509 g/mol. The van der Waals surface area contributed by atoms with Crippen molar-refractivity contribution in [2.24, 2.45) is 0 Å². The van der Waals surface area contributed by atoms with Crippen LogP contribution < -0.4 is 9.62 Å². The van der Waals surface area contributed by atoms with E-state index in [2.05, 4.69) is 5.32 Å². The Kier molecular flexibility index (Phi) is 9.84. The highest BCUT2D eigenvalue weighted by molar-refractivity contribution is 7.92. The lowest BCUT2D eigenvalue weighted by molar-refractivity contribution is -0.140. The average Bonchev–Trinajstić information content (AvgIpc) is 2.75. The van der Waals surface area contributed by atoms with E-state index in [1.807, 2.05) is 0 Å². The summed E-state index contributed by atoms with van der Waals surface area (Å²) in [5, 5.41) is 3.88. The summed E-state index contributed by atoms with van der Waals surface area (Å²) in [6.07, 6.45) is 1.39. The molecular formula is C22H26Cl3N3O4S. The maximum atomic E-state index is 13.1. The molecule has 2 aromatic rings. The summed E-state index contributed by atoms with van der Waals surface area (Å²) in [7, 11) is -2.08. The lowest BCUT2D eigenvalue weighted by Gasteiger charge is -2.29. The van der Waals surface area contributed by atoms with Gasteiger partial charge >= 0.3 is 0 Å². The molecule has 1 unspecified atom stereocenters. The summed E-state index contributed by atoms with van der Waals surface area (Å²) in [6.45, 7) is 1.82. The molecule has 1 atom stereocenters. The highest BCUT2D eigenvalue weighted by Crippen LogP contribution is 2.24. The number of rotatable bonds is 10. The van der Waals surface area contributed by atoms with Gasteiger partial charge in [-0.15, -0.1) is 0 Å². The largest absolute Gasteiger partial charge is 0.357 e. The Bertz CT molecular complexity index is 1090. The first-order valence-electron chi connectivity index (χ1n) is 10.1. The molecule has 2 aromatic carbocycles. The number of halogens is 3. The predicted molar refractivity (Wildman–Crippen MR) is 133 cm³/mol. The van der Waals surface area contributed by atoms with E-state index in [1.54, 1.807) is 49.4 Å². The van der Waals surface area contributed by atoms with Crippen LogP contribution in [0.5, 0.6) is 0 Å². The minimum Gasteiger partial charge on any atom is -0.357 e. The normalized spacial score (nSPS) is 12.2. The summed E-state index contributed by atoms with van der Waals surface area (Å²) in [4.78, 5) is 26.8. The van der Waals surface area contributed by atoms with Crippen LogP contribution in [0.4, 0.5) is 5.69 Å². The number of nitrogens with one attached hydrogen (secondary N) is 1. The van der Waals surface area contributed by atoms with Crippen molar-refractivity contribution in [1.82, 2.24) is 10.2 Å². The van der Waals surface area contributed by atoms with E-state index in [1.165, 1.54) is 16.3 Å². The fourth-order valence-electron chi connectivity index (χ4n) is 3.24. The lowest BCUT2D eigenvalue weighted by atomic mass is 10.1. The maximum absolute atomic E-state index is 13.1. The van der Waals surface area contributed by atoms with Crippen LogP contribution in [0.1, 0.15) is 25.3 Å². The summed E-state index contributed by atoms with van der Waals surface area (Å²) in [6, 6.07) is 10.6. The SMILES string of the molecule is CNC(=O)C(C)N(Cc1ccc(Cl)cc1Cl)C(=O)CCCN(c1ccc(Cl)cc1)S(C)(=O)=O. The molecule has 0 fully saturated rings. The fraction of sp³-hybridized carbons (Fsp3) is 0.364. The van der Waals surface area contributed by atoms with Gasteiger partial charge in [-0.25, -0.2) is 8.42 Å². The quantitative estimate of drug-likeness (QED) is 0.491. The number of carbonyl (C=O) groups is 2. The third kappa shape index (κ3) is 7.78. The molecule has 0 bridgehead atoms. The molecule has 33 heavy (non-hydrogen) atoms. The smallest absolute Gasteiger partial charge is 0.242 e. The molecule has 0 aliphatic carbocycles. The molecule has 0 radical (unpaired) electrons. The Morgan fingerprint density at radius 1 is 1.03 bits per heavy atom. The number of nitrogens with zero attached hydrogens (tertiary/aromatic N) is 2. The molecule has 2 amide bonds. The number of likely N-dealkylation sites (N-methyl/N-ethyl adjacent to an activating group) is 1. The van der Waals surface area contributed by atoms with Gasteiger partial charge in [0.2, 0.25) is 21.8 Å². The van der Waals surface area contributed by atoms with Crippen molar-refractivity contribution in [1.29, 1.82) is 0 Å². The van der Waals surface area contributed by atoms with Gasteiger partial charge in [0.25, 0.3) is 0 Å². The number of hydrogen-bond acceptors (Lipinski definition) is 4. The van der Waals surface area contributed by atoms with Gasteiger partial charge < -0.3 is 10.2 Å². The standard InChI is InChI=1S/C22H26Cl3N3O4S/c1-15(22(30)26-2)27(14-16-6-7-18(24)13-20(16)25)21(29)5-4-12-28(33(3,31)32)19-10-8-17(23)9-11-19/h6-11,13,15H,4-5,12,14H2,1-3H3,(H,26,30). The molecule has 0 spiro atoms. The van der Waals surface area contributed by atoms with E-state index in [0.717, 1.165) is 6.26 Å². The number of amides is 2. The summed E-state index contributed by atoms with van der Waals surface area (Å²) >= 11 is 18.1. The molecule has 0 saturated carbocycles. The van der Waals surface area contributed by atoms with E-state index in [-0.39, 0.29) is 37.7 Å². The molecule has 11 heteroatoms. The molecule has 180 valence electrons. The van der Waals surface area contributed by atoms with Crippen LogP contribution >= 0.6 is 34.8 Å². The number of anilines is 1. The lowest BCUT2D eigenvalue weighted by Crippen LogP contribution is -2.46. The van der Waals surface area contributed by atoms with Gasteiger partial charge in [-0.3, -0.25) is 13.9 Å². The van der Waals surface area contributed by atoms with Crippen molar-refractivity contribution < 1.29 is 18.0 Å². The summed E-state index contributed by atoms with van der Waals surface area (Å²) < 4.78 is 25.8. The fourth-order valence-corrected chi connectivity index (χ4v) is 4.80. The topological polar surface area (TPSA) is 86.8 Å². The second kappa shape index (κ2) is 11.9. The first kappa shape index (κ1) is 27.2. The van der Waals surface area contributed by atoms with E-state index >= 15 is 0 Å². The summed E-state index contributed by atoms with van der Waals surface area (Å²) in [5.74, 6) is -0.631. The average molecular weight is 535 g/mol. The zero-order valence-corrected chi connectivity index (χ0v) is 21.6. The van der Waals surface area contributed by atoms with E-state index in [9.17, 15) is 18.0 Å². The molecule has 0 aliphatic rings. The van der Waals surface area contributed by atoms with E-state index in [0.29, 0.717) is 26.3 Å². The Labute approximate surface area is 209 Å². The van der Waals surface area contributed by atoms with Crippen molar-refractivity contribution in [2.45, 2.75) is 32.4 Å². The Hall–Kier alpha value is -2.00. The molecule has 1 N–H and O–H groups in total. The summed E-state index contributed by atoms with van der Waals surface area (Å²) in [5.41, 5.74) is 1.10. The number of hydrogen-bond donors (Lipinski definition) is 1. The van der Waals surface area contributed by atoms with Gasteiger partial charge in [0.05, 0.1) is 11.9 Å². The van der Waals surface area contributed by atoms with Gasteiger partial charge in [0.1, 0.15) is 6.04 Å². The second-order valence-corrected chi connectivity index (χ2v) is 10.6. The Morgan fingerprint density at radius 3 is 2.18 bits per heavy atom. The van der Waals surface area contributed by atoms with Crippen LogP contribution in [0.3, 0.4) is 0 Å². The van der Waals surface area contributed by atoms with Gasteiger partial charge in [-0.05, 0) is 55.3 Å². The monoisotopic (exact) mass is 533 g/mol. The van der Waals surface area contributed by atoms with Crippen LogP contribution in [0.2, 0.25) is 15.1 Å². The maximum Gasteiger partial charge on any atom is 0.242 e. The van der Waals surface area contributed by atoms with Crippen molar-refractivity contribution in [3.63, 3.8) is 0 Å². The van der Waals surface area contributed by atoms with E-state index in [4.69, 9.17) is 34.8 Å². The van der Waals surface area contributed by atoms with Gasteiger partial charge in [-0.2, -0.15) is 0 Å². The molecule has 0 aliphatic heterocycles. The Balaban J connectivity index is 2.16. The van der Waals surface area contributed by atoms with Crippen LogP contribution in [0.15, 0.2) is 42.5 Å². The molecule has 2 rings (SSSR count). The van der Waals surface area contributed by atoms with Crippen molar-refractivity contribution in [2.75, 3.05) is 24.2 Å². The molecule has 0 aromatic heterocycles. The third-order valence-electron chi connectivity index (χ3n) is 5.04. The minimum absolute atomic E-state index is 0.0339. The predicted octanol–water partition coefficient (Wildman–Crippen LogP) is 4.36. The second-order valence-electron chi connectivity index (χ2n) is 7.46. The number of benzene rings is 2. The highest BCUT2D eigenvalue weighted by Gasteiger charge is 2.26. The zero-order chi connectivity index (χ0) is 24.8. The first-order chi connectivity index (χ1) is 15.4. The molecule has 0 saturated heterocycles. The minimum atomic E-state index is -3.57. The Morgan fingerprint density at radius 2 is 1.64 bits per heavy atom. The van der Waals surface area contributed by atoms with E-state index < -0.39 is 16.1 Å². The molecule has 0 heterocycles.